The highest BCUT2D eigenvalue weighted by atomic mass is 32.2. The third kappa shape index (κ3) is 5.48. The lowest BCUT2D eigenvalue weighted by atomic mass is 9.93. The second-order valence-corrected chi connectivity index (χ2v) is 11.9. The molecule has 2 aromatic rings. The molecule has 1 aromatic heterocycles. The fourth-order valence-electron chi connectivity index (χ4n) is 3.89. The van der Waals surface area contributed by atoms with Crippen molar-refractivity contribution in [3.8, 4) is 6.07 Å². The van der Waals surface area contributed by atoms with E-state index < -0.39 is 54.6 Å². The summed E-state index contributed by atoms with van der Waals surface area (Å²) >= 11 is 0. The summed E-state index contributed by atoms with van der Waals surface area (Å²) in [5, 5.41) is 12.9. The number of nitrogens with zero attached hydrogens (tertiary/aromatic N) is 3. The summed E-state index contributed by atoms with van der Waals surface area (Å²) in [4.78, 5) is -0.537. The molecule has 0 radical (unpaired) electrons. The highest BCUT2D eigenvalue weighted by Gasteiger charge is 2.47. The standard InChI is InChI=1S/C22H23F6N3O3S/c1-19(2,12-29)13-31-16(10-18(30-31)22(26,27)28)17-11-20(3,7-8-34-17)35(32,33)15-6-4-5-14(9-15)21(23,24)25/h4-6,9-10,17H,7-8,11,13H2,1-3H3. The minimum absolute atomic E-state index is 0.0641. The number of hydrogen-bond acceptors (Lipinski definition) is 5. The molecule has 1 aromatic carbocycles. The minimum Gasteiger partial charge on any atom is -0.372 e. The Morgan fingerprint density at radius 3 is 2.40 bits per heavy atom. The first kappa shape index (κ1) is 27.0. The van der Waals surface area contributed by atoms with Crippen LogP contribution in [0.1, 0.15) is 56.7 Å². The van der Waals surface area contributed by atoms with Gasteiger partial charge in [-0.15, -0.1) is 0 Å². The summed E-state index contributed by atoms with van der Waals surface area (Å²) in [6, 6.07) is 6.08. The van der Waals surface area contributed by atoms with Gasteiger partial charge in [0, 0.05) is 6.61 Å². The SMILES string of the molecule is CC(C)(C#N)Cn1nc(C(F)(F)F)cc1C1CC(C)(S(=O)(=O)c2cccc(C(F)(F)F)c2)CCO1. The molecule has 192 valence electrons. The van der Waals surface area contributed by atoms with Gasteiger partial charge in [0.2, 0.25) is 0 Å². The quantitative estimate of drug-likeness (QED) is 0.480. The number of ether oxygens (including phenoxy) is 1. The molecule has 1 aliphatic heterocycles. The Labute approximate surface area is 198 Å². The monoisotopic (exact) mass is 523 g/mol. The van der Waals surface area contributed by atoms with Gasteiger partial charge in [-0.05, 0) is 57.9 Å². The average molecular weight is 523 g/mol. The third-order valence-electron chi connectivity index (χ3n) is 5.97. The molecule has 0 amide bonds. The van der Waals surface area contributed by atoms with Crippen LogP contribution in [0.5, 0.6) is 0 Å². The summed E-state index contributed by atoms with van der Waals surface area (Å²) in [5.74, 6) is 0. The highest BCUT2D eigenvalue weighted by Crippen LogP contribution is 2.44. The van der Waals surface area contributed by atoms with E-state index in [1.54, 1.807) is 0 Å². The molecule has 3 rings (SSSR count). The Bertz CT molecular complexity index is 1240. The number of benzene rings is 1. The van der Waals surface area contributed by atoms with E-state index in [2.05, 4.69) is 5.10 Å². The van der Waals surface area contributed by atoms with Gasteiger partial charge in [0.15, 0.2) is 15.5 Å². The molecular formula is C22H23F6N3O3S. The van der Waals surface area contributed by atoms with Crippen molar-refractivity contribution in [1.29, 1.82) is 5.26 Å². The van der Waals surface area contributed by atoms with Gasteiger partial charge in [0.1, 0.15) is 6.10 Å². The number of sulfone groups is 1. The summed E-state index contributed by atoms with van der Waals surface area (Å²) in [6.45, 7) is 3.98. The molecule has 0 bridgehead atoms. The molecule has 0 aliphatic carbocycles. The zero-order chi connectivity index (χ0) is 26.4. The lowest BCUT2D eigenvalue weighted by Crippen LogP contribution is -2.42. The lowest BCUT2D eigenvalue weighted by Gasteiger charge is -2.38. The Balaban J connectivity index is 2.02. The molecule has 2 atom stereocenters. The number of hydrogen-bond donors (Lipinski definition) is 0. The number of halogens is 6. The first-order valence-corrected chi connectivity index (χ1v) is 12.0. The molecule has 0 saturated carbocycles. The van der Waals surface area contributed by atoms with Crippen LogP contribution in [0.4, 0.5) is 26.3 Å². The van der Waals surface area contributed by atoms with Crippen molar-refractivity contribution in [3.63, 3.8) is 0 Å². The topological polar surface area (TPSA) is 85.0 Å². The third-order valence-corrected chi connectivity index (χ3v) is 8.51. The molecule has 2 unspecified atom stereocenters. The predicted molar refractivity (Wildman–Crippen MR) is 112 cm³/mol. The summed E-state index contributed by atoms with van der Waals surface area (Å²) < 4.78 is 111. The van der Waals surface area contributed by atoms with E-state index in [1.165, 1.54) is 20.8 Å². The molecule has 1 fully saturated rings. The van der Waals surface area contributed by atoms with E-state index in [9.17, 15) is 40.0 Å². The second kappa shape index (κ2) is 8.81. The van der Waals surface area contributed by atoms with Crippen LogP contribution in [0.3, 0.4) is 0 Å². The zero-order valence-corrected chi connectivity index (χ0v) is 19.9. The van der Waals surface area contributed by atoms with Crippen molar-refractivity contribution >= 4 is 9.84 Å². The van der Waals surface area contributed by atoms with Crippen LogP contribution in [0.2, 0.25) is 0 Å². The molecule has 1 aliphatic rings. The van der Waals surface area contributed by atoms with Crippen molar-refractivity contribution in [2.75, 3.05) is 6.61 Å². The van der Waals surface area contributed by atoms with E-state index in [4.69, 9.17) is 4.74 Å². The van der Waals surface area contributed by atoms with Gasteiger partial charge in [-0.3, -0.25) is 4.68 Å². The van der Waals surface area contributed by atoms with Gasteiger partial charge >= 0.3 is 12.4 Å². The Morgan fingerprint density at radius 1 is 1.17 bits per heavy atom. The van der Waals surface area contributed by atoms with E-state index >= 15 is 0 Å². The number of nitriles is 1. The van der Waals surface area contributed by atoms with Crippen molar-refractivity contribution < 1.29 is 39.5 Å². The maximum Gasteiger partial charge on any atom is 0.435 e. The van der Waals surface area contributed by atoms with Crippen LogP contribution in [-0.4, -0.2) is 29.6 Å². The molecular weight excluding hydrogens is 500 g/mol. The first-order valence-electron chi connectivity index (χ1n) is 10.5. The fraction of sp³-hybridized carbons (Fsp3) is 0.545. The number of aromatic nitrogens is 2. The van der Waals surface area contributed by atoms with E-state index in [-0.39, 0.29) is 31.7 Å². The first-order chi connectivity index (χ1) is 15.9. The maximum atomic E-state index is 13.4. The fourth-order valence-corrected chi connectivity index (χ4v) is 5.73. The summed E-state index contributed by atoms with van der Waals surface area (Å²) in [6.07, 6.45) is -11.1. The minimum atomic E-state index is -4.79. The van der Waals surface area contributed by atoms with Crippen LogP contribution in [-0.2, 0) is 33.5 Å². The largest absolute Gasteiger partial charge is 0.435 e. The highest BCUT2D eigenvalue weighted by molar-refractivity contribution is 7.92. The zero-order valence-electron chi connectivity index (χ0n) is 19.0. The molecule has 0 spiro atoms. The molecule has 1 saturated heterocycles. The predicted octanol–water partition coefficient (Wildman–Crippen LogP) is 5.55. The van der Waals surface area contributed by atoms with Crippen LogP contribution < -0.4 is 0 Å². The molecule has 13 heteroatoms. The lowest BCUT2D eigenvalue weighted by molar-refractivity contribution is -0.141. The smallest absolute Gasteiger partial charge is 0.372 e. The molecule has 35 heavy (non-hydrogen) atoms. The van der Waals surface area contributed by atoms with Gasteiger partial charge in [0.25, 0.3) is 0 Å². The van der Waals surface area contributed by atoms with E-state index in [0.29, 0.717) is 6.07 Å². The van der Waals surface area contributed by atoms with Crippen LogP contribution in [0.15, 0.2) is 35.2 Å². The van der Waals surface area contributed by atoms with Crippen molar-refractivity contribution in [2.24, 2.45) is 5.41 Å². The second-order valence-electron chi connectivity index (χ2n) is 9.40. The Hall–Kier alpha value is -2.59. The maximum absolute atomic E-state index is 13.4. The Morgan fingerprint density at radius 2 is 1.83 bits per heavy atom. The normalized spacial score (nSPS) is 22.1. The van der Waals surface area contributed by atoms with E-state index in [0.717, 1.165) is 28.9 Å². The van der Waals surface area contributed by atoms with Gasteiger partial charge in [0.05, 0.1) is 38.9 Å². The van der Waals surface area contributed by atoms with Gasteiger partial charge < -0.3 is 4.74 Å². The van der Waals surface area contributed by atoms with Crippen molar-refractivity contribution in [2.45, 2.75) is 68.3 Å². The number of rotatable bonds is 5. The van der Waals surface area contributed by atoms with E-state index in [1.807, 2.05) is 6.07 Å². The average Bonchev–Trinajstić information content (AvgIpc) is 3.17. The van der Waals surface area contributed by atoms with Gasteiger partial charge in [-0.2, -0.15) is 36.7 Å². The van der Waals surface area contributed by atoms with Gasteiger partial charge in [-0.25, -0.2) is 8.42 Å². The van der Waals surface area contributed by atoms with Crippen LogP contribution >= 0.6 is 0 Å². The number of alkyl halides is 6. The molecule has 0 N–H and O–H groups in total. The summed E-state index contributed by atoms with van der Waals surface area (Å²) in [7, 11) is -4.34. The van der Waals surface area contributed by atoms with Gasteiger partial charge in [-0.1, -0.05) is 6.07 Å². The molecule has 6 nitrogen and oxygen atoms in total. The van der Waals surface area contributed by atoms with Crippen LogP contribution in [0.25, 0.3) is 0 Å². The summed E-state index contributed by atoms with van der Waals surface area (Å²) in [5.41, 5.74) is -3.51. The van der Waals surface area contributed by atoms with Crippen LogP contribution in [0, 0.1) is 16.7 Å². The Kier molecular flexibility index (Phi) is 6.80. The molecule has 2 heterocycles. The van der Waals surface area contributed by atoms with Crippen molar-refractivity contribution in [3.05, 3.63) is 47.3 Å². The van der Waals surface area contributed by atoms with Crippen molar-refractivity contribution in [1.82, 2.24) is 9.78 Å².